The SMILES string of the molecule is CC(C)Cn1c(=O)[nH]c2c(=O)n(C)c(=O)n(C)c21. The number of fused-ring (bicyclic) bond motifs is 1. The second kappa shape index (κ2) is 4.01. The van der Waals surface area contributed by atoms with E-state index in [1.807, 2.05) is 13.8 Å². The van der Waals surface area contributed by atoms with Crippen molar-refractivity contribution in [1.82, 2.24) is 18.7 Å². The smallest absolute Gasteiger partial charge is 0.300 e. The van der Waals surface area contributed by atoms with Crippen molar-refractivity contribution in [1.29, 1.82) is 0 Å². The van der Waals surface area contributed by atoms with E-state index in [1.54, 1.807) is 7.05 Å². The van der Waals surface area contributed by atoms with Gasteiger partial charge in [0, 0.05) is 20.6 Å². The molecule has 18 heavy (non-hydrogen) atoms. The Kier molecular flexibility index (Phi) is 2.76. The number of hydrogen-bond acceptors (Lipinski definition) is 3. The zero-order valence-electron chi connectivity index (χ0n) is 10.9. The molecule has 0 saturated carbocycles. The first kappa shape index (κ1) is 12.4. The Morgan fingerprint density at radius 3 is 2.28 bits per heavy atom. The summed E-state index contributed by atoms with van der Waals surface area (Å²) in [5.74, 6) is 0.237. The van der Waals surface area contributed by atoms with Crippen LogP contribution < -0.4 is 16.9 Å². The fourth-order valence-electron chi connectivity index (χ4n) is 2.06. The van der Waals surface area contributed by atoms with Crippen molar-refractivity contribution in [3.8, 4) is 0 Å². The maximum absolute atomic E-state index is 11.9. The van der Waals surface area contributed by atoms with Crippen molar-refractivity contribution in [3.05, 3.63) is 31.3 Å². The van der Waals surface area contributed by atoms with E-state index in [9.17, 15) is 14.4 Å². The Bertz CT molecular complexity index is 772. The molecule has 0 bridgehead atoms. The van der Waals surface area contributed by atoms with E-state index in [0.29, 0.717) is 12.2 Å². The number of aromatic nitrogens is 4. The summed E-state index contributed by atoms with van der Waals surface area (Å²) in [5, 5.41) is 0. The van der Waals surface area contributed by atoms with E-state index in [0.717, 1.165) is 4.57 Å². The third kappa shape index (κ3) is 1.62. The molecule has 0 aliphatic rings. The van der Waals surface area contributed by atoms with E-state index >= 15 is 0 Å². The molecule has 0 spiro atoms. The lowest BCUT2D eigenvalue weighted by molar-refractivity contribution is 0.514. The van der Waals surface area contributed by atoms with Crippen molar-refractivity contribution in [2.45, 2.75) is 20.4 Å². The van der Waals surface area contributed by atoms with Crippen molar-refractivity contribution in [2.75, 3.05) is 0 Å². The van der Waals surface area contributed by atoms with Crippen LogP contribution in [-0.4, -0.2) is 18.7 Å². The fourth-order valence-corrected chi connectivity index (χ4v) is 2.06. The van der Waals surface area contributed by atoms with Crippen molar-refractivity contribution >= 4 is 11.2 Å². The first-order valence-corrected chi connectivity index (χ1v) is 5.73. The van der Waals surface area contributed by atoms with E-state index in [1.165, 1.54) is 16.2 Å². The Morgan fingerprint density at radius 2 is 1.72 bits per heavy atom. The van der Waals surface area contributed by atoms with Gasteiger partial charge in [-0.25, -0.2) is 9.59 Å². The molecule has 0 aromatic carbocycles. The lowest BCUT2D eigenvalue weighted by atomic mass is 10.2. The highest BCUT2D eigenvalue weighted by molar-refractivity contribution is 5.69. The molecule has 7 heteroatoms. The third-order valence-electron chi connectivity index (χ3n) is 2.91. The molecule has 0 atom stereocenters. The van der Waals surface area contributed by atoms with Crippen LogP contribution in [0.4, 0.5) is 0 Å². The second-order valence-electron chi connectivity index (χ2n) is 4.84. The molecule has 2 rings (SSSR count). The number of imidazole rings is 1. The van der Waals surface area contributed by atoms with Gasteiger partial charge in [-0.2, -0.15) is 0 Å². The molecular weight excluding hydrogens is 236 g/mol. The van der Waals surface area contributed by atoms with Crippen LogP contribution in [0, 0.1) is 5.92 Å². The molecule has 2 aromatic rings. The summed E-state index contributed by atoms with van der Waals surface area (Å²) in [6.45, 7) is 4.38. The predicted molar refractivity (Wildman–Crippen MR) is 67.9 cm³/mol. The fraction of sp³-hybridized carbons (Fsp3) is 0.545. The molecule has 0 fully saturated rings. The van der Waals surface area contributed by atoms with Gasteiger partial charge in [-0.1, -0.05) is 13.8 Å². The maximum atomic E-state index is 11.9. The molecule has 98 valence electrons. The number of nitrogens with zero attached hydrogens (tertiary/aromatic N) is 3. The van der Waals surface area contributed by atoms with Gasteiger partial charge < -0.3 is 0 Å². The molecule has 2 aromatic heterocycles. The van der Waals surface area contributed by atoms with Crippen LogP contribution in [-0.2, 0) is 20.6 Å². The highest BCUT2D eigenvalue weighted by atomic mass is 16.2. The van der Waals surface area contributed by atoms with Gasteiger partial charge in [0.05, 0.1) is 0 Å². The number of aryl methyl sites for hydroxylation is 1. The summed E-state index contributed by atoms with van der Waals surface area (Å²) >= 11 is 0. The second-order valence-corrected chi connectivity index (χ2v) is 4.84. The van der Waals surface area contributed by atoms with Gasteiger partial charge in [-0.15, -0.1) is 0 Å². The standard InChI is InChI=1S/C11H16N4O3/c1-6(2)5-15-8-7(12-10(15)17)9(16)14(4)11(18)13(8)3/h6H,5H2,1-4H3,(H,12,17). The first-order valence-electron chi connectivity index (χ1n) is 5.73. The van der Waals surface area contributed by atoms with Crippen LogP contribution in [0.1, 0.15) is 13.8 Å². The van der Waals surface area contributed by atoms with Crippen molar-refractivity contribution < 1.29 is 0 Å². The topological polar surface area (TPSA) is 81.8 Å². The van der Waals surface area contributed by atoms with Gasteiger partial charge in [0.2, 0.25) is 0 Å². The largest absolute Gasteiger partial charge is 0.332 e. The summed E-state index contributed by atoms with van der Waals surface area (Å²) < 4.78 is 3.73. The van der Waals surface area contributed by atoms with Gasteiger partial charge in [0.1, 0.15) is 0 Å². The zero-order chi connectivity index (χ0) is 13.6. The first-order chi connectivity index (χ1) is 8.34. The Labute approximate surface area is 102 Å². The van der Waals surface area contributed by atoms with E-state index in [4.69, 9.17) is 0 Å². The third-order valence-corrected chi connectivity index (χ3v) is 2.91. The molecule has 0 saturated heterocycles. The number of H-pyrrole nitrogens is 1. The van der Waals surface area contributed by atoms with Gasteiger partial charge in [0.15, 0.2) is 11.2 Å². The molecule has 0 aliphatic heterocycles. The summed E-state index contributed by atoms with van der Waals surface area (Å²) in [4.78, 5) is 38.1. The van der Waals surface area contributed by atoms with Crippen LogP contribution in [0.2, 0.25) is 0 Å². The molecule has 0 unspecified atom stereocenters. The zero-order valence-corrected chi connectivity index (χ0v) is 10.9. The number of hydrogen-bond donors (Lipinski definition) is 1. The maximum Gasteiger partial charge on any atom is 0.332 e. The van der Waals surface area contributed by atoms with Crippen molar-refractivity contribution in [2.24, 2.45) is 20.0 Å². The summed E-state index contributed by atoms with van der Waals surface area (Å²) in [6.07, 6.45) is 0. The van der Waals surface area contributed by atoms with E-state index in [2.05, 4.69) is 4.98 Å². The lowest BCUT2D eigenvalue weighted by Crippen LogP contribution is -2.37. The average molecular weight is 252 g/mol. The Balaban J connectivity index is 3.00. The van der Waals surface area contributed by atoms with Crippen LogP contribution in [0.3, 0.4) is 0 Å². The van der Waals surface area contributed by atoms with Gasteiger partial charge >= 0.3 is 11.4 Å². The number of rotatable bonds is 2. The van der Waals surface area contributed by atoms with Gasteiger partial charge in [-0.05, 0) is 5.92 Å². The predicted octanol–water partition coefficient (Wildman–Crippen LogP) is -0.617. The van der Waals surface area contributed by atoms with E-state index < -0.39 is 11.2 Å². The van der Waals surface area contributed by atoms with Gasteiger partial charge in [-0.3, -0.25) is 23.5 Å². The molecule has 2 heterocycles. The average Bonchev–Trinajstić information content (AvgIpc) is 2.61. The molecule has 0 radical (unpaired) electrons. The summed E-state index contributed by atoms with van der Waals surface area (Å²) in [5.41, 5.74) is -0.763. The molecular formula is C11H16N4O3. The normalized spacial score (nSPS) is 11.6. The minimum Gasteiger partial charge on any atom is -0.300 e. The van der Waals surface area contributed by atoms with Gasteiger partial charge in [0.25, 0.3) is 5.56 Å². The lowest BCUT2D eigenvalue weighted by Gasteiger charge is -2.09. The molecule has 0 amide bonds. The molecule has 0 aliphatic carbocycles. The van der Waals surface area contributed by atoms with Crippen LogP contribution in [0.15, 0.2) is 14.4 Å². The summed E-state index contributed by atoms with van der Waals surface area (Å²) in [6, 6.07) is 0. The van der Waals surface area contributed by atoms with Crippen LogP contribution >= 0.6 is 0 Å². The van der Waals surface area contributed by atoms with Crippen molar-refractivity contribution in [3.63, 3.8) is 0 Å². The minimum atomic E-state index is -0.479. The Morgan fingerprint density at radius 1 is 1.11 bits per heavy atom. The number of aromatic amines is 1. The van der Waals surface area contributed by atoms with Crippen LogP contribution in [0.25, 0.3) is 11.2 Å². The highest BCUT2D eigenvalue weighted by Crippen LogP contribution is 2.05. The highest BCUT2D eigenvalue weighted by Gasteiger charge is 2.16. The molecule has 1 N–H and O–H groups in total. The van der Waals surface area contributed by atoms with Crippen LogP contribution in [0.5, 0.6) is 0 Å². The Hall–Kier alpha value is -2.05. The minimum absolute atomic E-state index is 0.172. The summed E-state index contributed by atoms with van der Waals surface area (Å²) in [7, 11) is 2.94. The quantitative estimate of drug-likeness (QED) is 0.773. The number of nitrogens with one attached hydrogen (secondary N) is 1. The molecule has 7 nitrogen and oxygen atoms in total. The van der Waals surface area contributed by atoms with E-state index in [-0.39, 0.29) is 17.1 Å². The monoisotopic (exact) mass is 252 g/mol.